The van der Waals surface area contributed by atoms with Gasteiger partial charge in [-0.05, 0) is 28.9 Å². The normalized spacial score (nSPS) is 9.68. The Morgan fingerprint density at radius 1 is 1.27 bits per heavy atom. The topological polar surface area (TPSA) is 55.4 Å². The number of alkyl halides is 3. The molecule has 9 heteroatoms. The van der Waals surface area contributed by atoms with Gasteiger partial charge >= 0.3 is 6.18 Å². The summed E-state index contributed by atoms with van der Waals surface area (Å²) in [6.45, 7) is 1.44. The van der Waals surface area contributed by atoms with Crippen molar-refractivity contribution in [2.45, 2.75) is 13.1 Å². The van der Waals surface area contributed by atoms with E-state index >= 15 is 0 Å². The second-order valence-electron chi connectivity index (χ2n) is 3.53. The Hall–Kier alpha value is -1.48. The molecule has 0 aromatic heterocycles. The summed E-state index contributed by atoms with van der Waals surface area (Å²) >= 11 is 2.52. The van der Waals surface area contributed by atoms with Crippen molar-refractivity contribution < 1.29 is 31.9 Å². The van der Waals surface area contributed by atoms with Gasteiger partial charge < -0.3 is 14.8 Å². The van der Waals surface area contributed by atoms with Gasteiger partial charge in [0.15, 0.2) is 12.1 Å². The SMILES string of the molecule is CC=O.CNc1c(C=O)cc(C(F)(F)F)c(Br)c1F.COC. The third-order valence-corrected chi connectivity index (χ3v) is 2.69. The lowest BCUT2D eigenvalue weighted by Gasteiger charge is -2.14. The van der Waals surface area contributed by atoms with E-state index in [4.69, 9.17) is 4.79 Å². The fourth-order valence-electron chi connectivity index (χ4n) is 1.20. The van der Waals surface area contributed by atoms with Crippen LogP contribution in [0.15, 0.2) is 10.5 Å². The predicted molar refractivity (Wildman–Crippen MR) is 78.7 cm³/mol. The molecule has 1 aromatic rings. The molecule has 0 aliphatic rings. The minimum absolute atomic E-state index is 0.163. The number of carbonyl (C=O) groups excluding carboxylic acids is 2. The minimum atomic E-state index is -4.72. The molecule has 0 radical (unpaired) electrons. The molecule has 0 bridgehead atoms. The van der Waals surface area contributed by atoms with Gasteiger partial charge in [-0.1, -0.05) is 0 Å². The van der Waals surface area contributed by atoms with Crippen molar-refractivity contribution in [1.82, 2.24) is 0 Å². The van der Waals surface area contributed by atoms with Crippen LogP contribution < -0.4 is 5.32 Å². The lowest BCUT2D eigenvalue weighted by atomic mass is 10.1. The molecule has 0 unspecified atom stereocenters. The summed E-state index contributed by atoms with van der Waals surface area (Å²) in [5.41, 5.74) is -1.86. The van der Waals surface area contributed by atoms with E-state index in [1.165, 1.54) is 14.0 Å². The zero-order valence-corrected chi connectivity index (χ0v) is 13.9. The standard InChI is InChI=1S/C9H6BrF4NO.C2H6O.C2H4O/c1-15-8-4(3-16)2-5(9(12,13)14)6(10)7(8)11;1-3-2;1-2-3/h2-3,15H,1H3;1-2H3;2H,1H3. The van der Waals surface area contributed by atoms with Crippen LogP contribution in [0.4, 0.5) is 23.2 Å². The maximum Gasteiger partial charge on any atom is 0.417 e. The number of carbonyl (C=O) groups is 2. The summed E-state index contributed by atoms with van der Waals surface area (Å²) in [7, 11) is 4.56. The van der Waals surface area contributed by atoms with Crippen LogP contribution in [0.3, 0.4) is 0 Å². The van der Waals surface area contributed by atoms with Crippen molar-refractivity contribution in [2.24, 2.45) is 0 Å². The summed E-state index contributed by atoms with van der Waals surface area (Å²) in [5, 5.41) is 2.33. The van der Waals surface area contributed by atoms with E-state index in [2.05, 4.69) is 26.0 Å². The molecule has 1 N–H and O–H groups in total. The quantitative estimate of drug-likeness (QED) is 0.614. The Bertz CT molecular complexity index is 493. The summed E-state index contributed by atoms with van der Waals surface area (Å²) in [6, 6.07) is 0.589. The average Bonchev–Trinajstić information content (AvgIpc) is 2.42. The highest BCUT2D eigenvalue weighted by atomic mass is 79.9. The highest BCUT2D eigenvalue weighted by molar-refractivity contribution is 9.10. The molecule has 0 amide bonds. The molecule has 1 rings (SSSR count). The number of aldehydes is 2. The molecule has 0 saturated carbocycles. The number of anilines is 1. The first-order valence-corrected chi connectivity index (χ1v) is 6.47. The van der Waals surface area contributed by atoms with Crippen molar-refractivity contribution in [3.8, 4) is 0 Å². The second-order valence-corrected chi connectivity index (χ2v) is 4.32. The van der Waals surface area contributed by atoms with Gasteiger partial charge in [0.25, 0.3) is 0 Å². The summed E-state index contributed by atoms with van der Waals surface area (Å²) in [6.07, 6.45) is -3.81. The Kier molecular flexibility index (Phi) is 11.5. The number of hydrogen-bond acceptors (Lipinski definition) is 4. The second kappa shape index (κ2) is 11.1. The van der Waals surface area contributed by atoms with E-state index in [-0.39, 0.29) is 17.5 Å². The highest BCUT2D eigenvalue weighted by Crippen LogP contribution is 2.39. The monoisotopic (exact) mass is 389 g/mol. The predicted octanol–water partition coefficient (Wildman–Crippen LogP) is 3.93. The van der Waals surface area contributed by atoms with Crippen molar-refractivity contribution in [3.05, 3.63) is 27.5 Å². The van der Waals surface area contributed by atoms with Crippen molar-refractivity contribution in [3.63, 3.8) is 0 Å². The molecule has 0 saturated heterocycles. The summed E-state index contributed by atoms with van der Waals surface area (Å²) in [4.78, 5) is 19.3. The molecular formula is C13H16BrF4NO3. The number of benzene rings is 1. The van der Waals surface area contributed by atoms with E-state index in [1.807, 2.05) is 0 Å². The third-order valence-electron chi connectivity index (χ3n) is 1.92. The van der Waals surface area contributed by atoms with Gasteiger partial charge in [0.1, 0.15) is 6.29 Å². The molecule has 0 aliphatic heterocycles. The lowest BCUT2D eigenvalue weighted by Crippen LogP contribution is -2.10. The van der Waals surface area contributed by atoms with Crippen molar-refractivity contribution in [1.29, 1.82) is 0 Å². The molecule has 0 atom stereocenters. The van der Waals surface area contributed by atoms with Crippen LogP contribution in [0.5, 0.6) is 0 Å². The third kappa shape index (κ3) is 6.99. The van der Waals surface area contributed by atoms with Crippen LogP contribution in [0.2, 0.25) is 0 Å². The Morgan fingerprint density at radius 2 is 1.68 bits per heavy atom. The Labute approximate surface area is 134 Å². The first kappa shape index (κ1) is 22.8. The summed E-state index contributed by atoms with van der Waals surface area (Å²) < 4.78 is 54.4. The van der Waals surface area contributed by atoms with E-state index in [0.29, 0.717) is 6.07 Å². The van der Waals surface area contributed by atoms with Crippen molar-refractivity contribution in [2.75, 3.05) is 26.6 Å². The molecular weight excluding hydrogens is 374 g/mol. The highest BCUT2D eigenvalue weighted by Gasteiger charge is 2.35. The van der Waals surface area contributed by atoms with Gasteiger partial charge in [-0.15, -0.1) is 0 Å². The molecule has 0 spiro atoms. The molecule has 0 aliphatic carbocycles. The molecule has 0 heterocycles. The smallest absolute Gasteiger partial charge is 0.388 e. The van der Waals surface area contributed by atoms with Gasteiger partial charge in [0.2, 0.25) is 0 Å². The van der Waals surface area contributed by atoms with Gasteiger partial charge in [-0.25, -0.2) is 4.39 Å². The number of nitrogens with one attached hydrogen (secondary N) is 1. The average molecular weight is 390 g/mol. The van der Waals surface area contributed by atoms with Crippen LogP contribution in [-0.4, -0.2) is 33.8 Å². The molecule has 126 valence electrons. The van der Waals surface area contributed by atoms with Gasteiger partial charge in [-0.3, -0.25) is 4.79 Å². The fourth-order valence-corrected chi connectivity index (χ4v) is 1.74. The molecule has 0 fully saturated rings. The van der Waals surface area contributed by atoms with E-state index in [0.717, 1.165) is 6.29 Å². The maximum absolute atomic E-state index is 13.5. The minimum Gasteiger partial charge on any atom is -0.388 e. The maximum atomic E-state index is 13.5. The number of rotatable bonds is 2. The van der Waals surface area contributed by atoms with Gasteiger partial charge in [0, 0.05) is 26.8 Å². The first-order chi connectivity index (χ1) is 10.2. The van der Waals surface area contributed by atoms with E-state index < -0.39 is 22.0 Å². The van der Waals surface area contributed by atoms with Gasteiger partial charge in [0.05, 0.1) is 15.7 Å². The molecule has 22 heavy (non-hydrogen) atoms. The summed E-state index contributed by atoms with van der Waals surface area (Å²) in [5.74, 6) is -1.14. The first-order valence-electron chi connectivity index (χ1n) is 5.68. The van der Waals surface area contributed by atoms with Crippen LogP contribution in [0, 0.1) is 5.82 Å². The zero-order valence-electron chi connectivity index (χ0n) is 12.3. The molecule has 4 nitrogen and oxygen atoms in total. The lowest BCUT2D eigenvalue weighted by molar-refractivity contribution is -0.138. The molecule has 1 aromatic carbocycles. The zero-order chi connectivity index (χ0) is 17.9. The van der Waals surface area contributed by atoms with E-state index in [9.17, 15) is 22.4 Å². The van der Waals surface area contributed by atoms with Crippen LogP contribution in [0.1, 0.15) is 22.8 Å². The number of hydrogen-bond donors (Lipinski definition) is 1. The number of ether oxygens (including phenoxy) is 1. The van der Waals surface area contributed by atoms with Gasteiger partial charge in [-0.2, -0.15) is 13.2 Å². The Morgan fingerprint density at radius 3 is 1.95 bits per heavy atom. The van der Waals surface area contributed by atoms with Crippen molar-refractivity contribution >= 4 is 34.2 Å². The van der Waals surface area contributed by atoms with Crippen LogP contribution in [0.25, 0.3) is 0 Å². The number of methoxy groups -OCH3 is 1. The fraction of sp³-hybridized carbons (Fsp3) is 0.385. The largest absolute Gasteiger partial charge is 0.417 e. The van der Waals surface area contributed by atoms with Crippen LogP contribution in [-0.2, 0) is 15.7 Å². The van der Waals surface area contributed by atoms with E-state index in [1.54, 1.807) is 14.2 Å². The van der Waals surface area contributed by atoms with Crippen LogP contribution >= 0.6 is 15.9 Å². The Balaban J connectivity index is 0. The number of halogens is 5.